The summed E-state index contributed by atoms with van der Waals surface area (Å²) in [5.74, 6) is -2.90. The number of phenolic OH excluding ortho intramolecular Hbond substituents is 2. The summed E-state index contributed by atoms with van der Waals surface area (Å²) >= 11 is 11.3. The highest BCUT2D eigenvalue weighted by atomic mass is 35.5. The minimum absolute atomic E-state index is 0.0399. The molecule has 0 bridgehead atoms. The second-order valence-corrected chi connectivity index (χ2v) is 7.59. The van der Waals surface area contributed by atoms with E-state index in [2.05, 4.69) is 10.6 Å². The minimum atomic E-state index is -0.812. The molecular weight excluding hydrogens is 526 g/mol. The van der Waals surface area contributed by atoms with Gasteiger partial charge in [-0.25, -0.2) is 4.39 Å². The number of rotatable bonds is 5. The van der Waals surface area contributed by atoms with Crippen LogP contribution >= 0.6 is 23.2 Å². The predicted octanol–water partition coefficient (Wildman–Crippen LogP) is 5.26. The van der Waals surface area contributed by atoms with Crippen molar-refractivity contribution in [1.82, 2.24) is 0 Å². The molecule has 4 N–H and O–H groups in total. The molecule has 188 valence electrons. The number of amides is 2. The monoisotopic (exact) mass is 540 g/mol. The van der Waals surface area contributed by atoms with Crippen molar-refractivity contribution in [2.45, 2.75) is 6.92 Å². The molecule has 36 heavy (non-hydrogen) atoms. The molecular formula is C21H15Cl2FN4O8. The number of nitro groups is 2. The van der Waals surface area contributed by atoms with Gasteiger partial charge in [-0.1, -0.05) is 35.3 Å². The molecule has 0 saturated carbocycles. The Morgan fingerprint density at radius 1 is 0.861 bits per heavy atom. The van der Waals surface area contributed by atoms with Crippen LogP contribution in [0, 0.1) is 26.0 Å². The standard InChI is InChI=1S/C13H8ClFN2O4.C8H7ClN2O4/c14-8-5-10(12(18)6-11(8)17(20)21)16-13(19)7-3-1-2-4-9(7)15;1-4(12)10-6-2-5(9)7(11(14)15)3-8(6)13/h1-6,18H,(H,16,19);2-3,13H,1H3,(H,10,12). The van der Waals surface area contributed by atoms with Crippen molar-refractivity contribution in [1.29, 1.82) is 0 Å². The summed E-state index contributed by atoms with van der Waals surface area (Å²) in [7, 11) is 0. The van der Waals surface area contributed by atoms with Gasteiger partial charge in [0.2, 0.25) is 5.91 Å². The van der Waals surface area contributed by atoms with E-state index in [0.717, 1.165) is 30.3 Å². The lowest BCUT2D eigenvalue weighted by Crippen LogP contribution is -2.13. The zero-order valence-electron chi connectivity index (χ0n) is 18.0. The number of nitrogens with one attached hydrogen (secondary N) is 2. The van der Waals surface area contributed by atoms with Gasteiger partial charge in [0.25, 0.3) is 17.3 Å². The molecule has 3 aromatic rings. The number of carbonyl (C=O) groups is 2. The van der Waals surface area contributed by atoms with Crippen LogP contribution < -0.4 is 10.6 Å². The van der Waals surface area contributed by atoms with Crippen LogP contribution in [0.1, 0.15) is 17.3 Å². The Balaban J connectivity index is 0.000000269. The van der Waals surface area contributed by atoms with Gasteiger partial charge in [0.15, 0.2) is 0 Å². The van der Waals surface area contributed by atoms with E-state index in [1.54, 1.807) is 0 Å². The van der Waals surface area contributed by atoms with E-state index < -0.39 is 50.4 Å². The van der Waals surface area contributed by atoms with Crippen LogP contribution in [-0.2, 0) is 4.79 Å². The van der Waals surface area contributed by atoms with Crippen molar-refractivity contribution < 1.29 is 34.0 Å². The molecule has 0 spiro atoms. The zero-order valence-corrected chi connectivity index (χ0v) is 19.5. The van der Waals surface area contributed by atoms with Crippen molar-refractivity contribution in [2.24, 2.45) is 0 Å². The van der Waals surface area contributed by atoms with E-state index in [9.17, 15) is 44.4 Å². The summed E-state index contributed by atoms with van der Waals surface area (Å²) in [6.45, 7) is 1.24. The number of hydrogen-bond donors (Lipinski definition) is 4. The number of benzene rings is 3. The molecule has 0 saturated heterocycles. The molecule has 0 atom stereocenters. The van der Waals surface area contributed by atoms with Gasteiger partial charge >= 0.3 is 0 Å². The summed E-state index contributed by atoms with van der Waals surface area (Å²) < 4.78 is 13.5. The molecule has 3 aromatic carbocycles. The first-order chi connectivity index (χ1) is 16.8. The molecule has 3 rings (SSSR count). The molecule has 0 aromatic heterocycles. The van der Waals surface area contributed by atoms with Gasteiger partial charge in [-0.2, -0.15) is 0 Å². The lowest BCUT2D eigenvalue weighted by molar-refractivity contribution is -0.384. The molecule has 0 heterocycles. The van der Waals surface area contributed by atoms with E-state index in [-0.39, 0.29) is 27.0 Å². The number of hydrogen-bond acceptors (Lipinski definition) is 8. The Hall–Kier alpha value is -4.49. The maximum absolute atomic E-state index is 13.5. The largest absolute Gasteiger partial charge is 0.506 e. The summed E-state index contributed by atoms with van der Waals surface area (Å²) in [6, 6.07) is 9.09. The van der Waals surface area contributed by atoms with E-state index in [1.807, 2.05) is 0 Å². The fourth-order valence-corrected chi connectivity index (χ4v) is 3.07. The normalized spacial score (nSPS) is 10.0. The Labute approximate surface area is 211 Å². The molecule has 0 aliphatic heterocycles. The van der Waals surface area contributed by atoms with E-state index in [1.165, 1.54) is 25.1 Å². The van der Waals surface area contributed by atoms with Crippen LogP contribution in [-0.4, -0.2) is 31.9 Å². The molecule has 0 aliphatic carbocycles. The van der Waals surface area contributed by atoms with Crippen LogP contribution in [0.4, 0.5) is 27.1 Å². The lowest BCUT2D eigenvalue weighted by Gasteiger charge is -2.08. The molecule has 15 heteroatoms. The second kappa shape index (κ2) is 11.8. The van der Waals surface area contributed by atoms with Crippen LogP contribution in [0.25, 0.3) is 0 Å². The van der Waals surface area contributed by atoms with Gasteiger partial charge in [0, 0.05) is 6.92 Å². The molecule has 0 fully saturated rings. The van der Waals surface area contributed by atoms with Crippen LogP contribution in [0.15, 0.2) is 48.5 Å². The smallest absolute Gasteiger partial charge is 0.291 e. The summed E-state index contributed by atoms with van der Waals surface area (Å²) in [6.07, 6.45) is 0. The number of nitro benzene ring substituents is 2. The van der Waals surface area contributed by atoms with Gasteiger partial charge in [0.05, 0.1) is 38.9 Å². The maximum atomic E-state index is 13.5. The Bertz CT molecular complexity index is 1370. The third-order valence-electron chi connectivity index (χ3n) is 4.20. The summed E-state index contributed by atoms with van der Waals surface area (Å²) in [5, 5.41) is 44.2. The first kappa shape index (κ1) is 27.8. The highest BCUT2D eigenvalue weighted by molar-refractivity contribution is 6.33. The number of anilines is 2. The van der Waals surface area contributed by atoms with Gasteiger partial charge in [-0.05, 0) is 24.3 Å². The number of phenols is 2. The number of aromatic hydroxyl groups is 2. The maximum Gasteiger partial charge on any atom is 0.291 e. The first-order valence-electron chi connectivity index (χ1n) is 9.49. The first-order valence-corrected chi connectivity index (χ1v) is 10.2. The van der Waals surface area contributed by atoms with Crippen molar-refractivity contribution in [3.8, 4) is 11.5 Å². The van der Waals surface area contributed by atoms with Gasteiger partial charge < -0.3 is 20.8 Å². The van der Waals surface area contributed by atoms with Crippen LogP contribution in [0.5, 0.6) is 11.5 Å². The highest BCUT2D eigenvalue weighted by Crippen LogP contribution is 2.36. The van der Waals surface area contributed by atoms with E-state index in [4.69, 9.17) is 23.2 Å². The molecule has 0 radical (unpaired) electrons. The Morgan fingerprint density at radius 3 is 1.72 bits per heavy atom. The predicted molar refractivity (Wildman–Crippen MR) is 128 cm³/mol. The average Bonchev–Trinajstić information content (AvgIpc) is 2.78. The van der Waals surface area contributed by atoms with Crippen molar-refractivity contribution in [3.05, 3.63) is 90.2 Å². The SMILES string of the molecule is CC(=O)Nc1cc(Cl)c([N+](=O)[O-])cc1O.O=C(Nc1cc(Cl)c([N+](=O)[O-])cc1O)c1ccccc1F. The zero-order chi connectivity index (χ0) is 27.2. The van der Waals surface area contributed by atoms with Gasteiger partial charge in [-0.3, -0.25) is 29.8 Å². The number of halogens is 3. The summed E-state index contributed by atoms with van der Waals surface area (Å²) in [4.78, 5) is 42.2. The van der Waals surface area contributed by atoms with Crippen molar-refractivity contribution in [3.63, 3.8) is 0 Å². The minimum Gasteiger partial charge on any atom is -0.506 e. The molecule has 12 nitrogen and oxygen atoms in total. The van der Waals surface area contributed by atoms with Crippen molar-refractivity contribution >= 4 is 57.8 Å². The summed E-state index contributed by atoms with van der Waals surface area (Å²) in [5.41, 5.74) is -1.26. The van der Waals surface area contributed by atoms with E-state index in [0.29, 0.717) is 0 Å². The fraction of sp³-hybridized carbons (Fsp3) is 0.0476. The van der Waals surface area contributed by atoms with Crippen LogP contribution in [0.2, 0.25) is 10.0 Å². The molecule has 0 unspecified atom stereocenters. The lowest BCUT2D eigenvalue weighted by atomic mass is 10.2. The Kier molecular flexibility index (Phi) is 9.07. The highest BCUT2D eigenvalue weighted by Gasteiger charge is 2.19. The third kappa shape index (κ3) is 7.01. The molecule has 0 aliphatic rings. The fourth-order valence-electron chi connectivity index (χ4n) is 2.61. The van der Waals surface area contributed by atoms with Crippen LogP contribution in [0.3, 0.4) is 0 Å². The average molecular weight is 541 g/mol. The number of carbonyl (C=O) groups excluding carboxylic acids is 2. The Morgan fingerprint density at radius 2 is 1.31 bits per heavy atom. The second-order valence-electron chi connectivity index (χ2n) is 6.77. The van der Waals surface area contributed by atoms with Gasteiger partial charge in [0.1, 0.15) is 27.4 Å². The number of nitrogens with zero attached hydrogens (tertiary/aromatic N) is 2. The van der Waals surface area contributed by atoms with E-state index >= 15 is 0 Å². The quantitative estimate of drug-likeness (QED) is 0.191. The van der Waals surface area contributed by atoms with Crippen molar-refractivity contribution in [2.75, 3.05) is 10.6 Å². The third-order valence-corrected chi connectivity index (χ3v) is 4.81. The van der Waals surface area contributed by atoms with Gasteiger partial charge in [-0.15, -0.1) is 0 Å². The molecule has 2 amide bonds. The topological polar surface area (TPSA) is 185 Å².